The lowest BCUT2D eigenvalue weighted by molar-refractivity contribution is -0.146. The van der Waals surface area contributed by atoms with Crippen molar-refractivity contribution in [3.8, 4) is 5.75 Å². The minimum Gasteiger partial charge on any atom is -0.497 e. The molecular weight excluding hydrogens is 246 g/mol. The zero-order valence-electron chi connectivity index (χ0n) is 11.2. The quantitative estimate of drug-likeness (QED) is 0.886. The van der Waals surface area contributed by atoms with Gasteiger partial charge in [-0.3, -0.25) is 0 Å². The zero-order valence-corrected chi connectivity index (χ0v) is 11.2. The van der Waals surface area contributed by atoms with Crippen LogP contribution in [0.4, 0.5) is 0 Å². The Kier molecular flexibility index (Phi) is 3.48. The average molecular weight is 263 g/mol. The second-order valence-corrected chi connectivity index (χ2v) is 4.37. The first-order valence-electron chi connectivity index (χ1n) is 6.08. The molecule has 1 heterocycles. The highest BCUT2D eigenvalue weighted by Gasteiger charge is 2.25. The van der Waals surface area contributed by atoms with Gasteiger partial charge in [0, 0.05) is 28.7 Å². The van der Waals surface area contributed by atoms with Gasteiger partial charge in [0.2, 0.25) is 0 Å². The molecule has 0 saturated carbocycles. The molecule has 0 aliphatic rings. The van der Waals surface area contributed by atoms with Gasteiger partial charge in [-0.2, -0.15) is 0 Å². The van der Waals surface area contributed by atoms with Crippen molar-refractivity contribution < 1.29 is 19.7 Å². The number of carboxylic acid groups (broad SMARTS) is 1. The number of fused-ring (bicyclic) bond motifs is 1. The molecule has 0 bridgehead atoms. The Balaban J connectivity index is 2.79. The standard InChI is InChI=1S/C14H17NO4/c1-4-15-8(2)12(13(16)14(17)18)10-7-9(19-3)5-6-11(10)15/h5-7,13,16H,4H2,1-3H3,(H,17,18). The van der Waals surface area contributed by atoms with E-state index in [0.29, 0.717) is 23.2 Å². The van der Waals surface area contributed by atoms with Gasteiger partial charge in [0.15, 0.2) is 6.10 Å². The van der Waals surface area contributed by atoms with E-state index in [4.69, 9.17) is 9.84 Å². The highest BCUT2D eigenvalue weighted by molar-refractivity contribution is 5.91. The lowest BCUT2D eigenvalue weighted by Gasteiger charge is -2.07. The molecule has 102 valence electrons. The van der Waals surface area contributed by atoms with Crippen LogP contribution in [0.2, 0.25) is 0 Å². The van der Waals surface area contributed by atoms with Crippen molar-refractivity contribution in [3.05, 3.63) is 29.5 Å². The summed E-state index contributed by atoms with van der Waals surface area (Å²) in [5.74, 6) is -0.610. The SMILES string of the molecule is CCn1c(C)c(C(O)C(=O)O)c2cc(OC)ccc21. The minimum absolute atomic E-state index is 0.434. The maximum absolute atomic E-state index is 11.1. The van der Waals surface area contributed by atoms with Crippen molar-refractivity contribution in [2.24, 2.45) is 0 Å². The molecule has 5 heteroatoms. The predicted molar refractivity (Wildman–Crippen MR) is 71.5 cm³/mol. The summed E-state index contributed by atoms with van der Waals surface area (Å²) >= 11 is 0. The van der Waals surface area contributed by atoms with E-state index in [1.807, 2.05) is 30.5 Å². The first-order valence-corrected chi connectivity index (χ1v) is 6.08. The first kappa shape index (κ1) is 13.4. The maximum Gasteiger partial charge on any atom is 0.337 e. The van der Waals surface area contributed by atoms with E-state index >= 15 is 0 Å². The number of aryl methyl sites for hydroxylation is 1. The van der Waals surface area contributed by atoms with Crippen molar-refractivity contribution in [3.63, 3.8) is 0 Å². The molecule has 1 unspecified atom stereocenters. The largest absolute Gasteiger partial charge is 0.497 e. The average Bonchev–Trinajstić information content (AvgIpc) is 2.68. The molecule has 0 saturated heterocycles. The predicted octanol–water partition coefficient (Wildman–Crippen LogP) is 2.10. The number of carbonyl (C=O) groups is 1. The molecule has 0 spiro atoms. The summed E-state index contributed by atoms with van der Waals surface area (Å²) in [6.07, 6.45) is -1.53. The molecular formula is C14H17NO4. The topological polar surface area (TPSA) is 71.7 Å². The van der Waals surface area contributed by atoms with Gasteiger partial charge in [-0.25, -0.2) is 4.79 Å². The monoisotopic (exact) mass is 263 g/mol. The number of aliphatic hydroxyl groups is 1. The molecule has 0 fully saturated rings. The molecule has 1 atom stereocenters. The van der Waals surface area contributed by atoms with Crippen molar-refractivity contribution in [2.45, 2.75) is 26.5 Å². The van der Waals surface area contributed by atoms with E-state index in [2.05, 4.69) is 0 Å². The van der Waals surface area contributed by atoms with Crippen LogP contribution in [0.5, 0.6) is 5.75 Å². The third-order valence-electron chi connectivity index (χ3n) is 3.40. The molecule has 1 aromatic carbocycles. The van der Waals surface area contributed by atoms with Gasteiger partial charge in [0.25, 0.3) is 0 Å². The van der Waals surface area contributed by atoms with Gasteiger partial charge in [0.05, 0.1) is 7.11 Å². The van der Waals surface area contributed by atoms with Crippen LogP contribution in [0.1, 0.15) is 24.3 Å². The second kappa shape index (κ2) is 4.93. The van der Waals surface area contributed by atoms with E-state index in [-0.39, 0.29) is 0 Å². The van der Waals surface area contributed by atoms with Crippen LogP contribution in [0.3, 0.4) is 0 Å². The Morgan fingerprint density at radius 2 is 2.16 bits per heavy atom. The van der Waals surface area contributed by atoms with Crippen LogP contribution in [-0.2, 0) is 11.3 Å². The number of aromatic nitrogens is 1. The van der Waals surface area contributed by atoms with E-state index in [1.165, 1.54) is 0 Å². The second-order valence-electron chi connectivity index (χ2n) is 4.37. The van der Waals surface area contributed by atoms with Crippen molar-refractivity contribution in [1.29, 1.82) is 0 Å². The normalized spacial score (nSPS) is 12.6. The highest BCUT2D eigenvalue weighted by Crippen LogP contribution is 2.33. The fourth-order valence-corrected chi connectivity index (χ4v) is 2.49. The maximum atomic E-state index is 11.1. The summed E-state index contributed by atoms with van der Waals surface area (Å²) in [7, 11) is 1.55. The van der Waals surface area contributed by atoms with Crippen LogP contribution < -0.4 is 4.74 Å². The Bertz CT molecular complexity index is 630. The number of methoxy groups -OCH3 is 1. The molecule has 1 aromatic heterocycles. The first-order chi connectivity index (χ1) is 9.01. The minimum atomic E-state index is -1.53. The Hall–Kier alpha value is -2.01. The molecule has 0 aliphatic carbocycles. The van der Waals surface area contributed by atoms with E-state index < -0.39 is 12.1 Å². The summed E-state index contributed by atoms with van der Waals surface area (Å²) in [6, 6.07) is 5.46. The van der Waals surface area contributed by atoms with Crippen LogP contribution in [0.25, 0.3) is 10.9 Å². The van der Waals surface area contributed by atoms with Gasteiger partial charge in [-0.05, 0) is 32.0 Å². The number of hydrogen-bond donors (Lipinski definition) is 2. The fourth-order valence-electron chi connectivity index (χ4n) is 2.49. The molecule has 2 N–H and O–H groups in total. The lowest BCUT2D eigenvalue weighted by Crippen LogP contribution is -2.12. The Morgan fingerprint density at radius 1 is 1.47 bits per heavy atom. The molecule has 2 rings (SSSR count). The smallest absolute Gasteiger partial charge is 0.337 e. The van der Waals surface area contributed by atoms with Gasteiger partial charge in [0.1, 0.15) is 5.75 Å². The van der Waals surface area contributed by atoms with Crippen molar-refractivity contribution in [1.82, 2.24) is 4.57 Å². The molecule has 0 aliphatic heterocycles. The molecule has 0 amide bonds. The number of aliphatic hydroxyl groups excluding tert-OH is 1. The number of rotatable bonds is 4. The fraction of sp³-hybridized carbons (Fsp3) is 0.357. The summed E-state index contributed by atoms with van der Waals surface area (Å²) in [5.41, 5.74) is 2.10. The van der Waals surface area contributed by atoms with Crippen molar-refractivity contribution in [2.75, 3.05) is 7.11 Å². The number of ether oxygens (including phenoxy) is 1. The Labute approximate surface area is 111 Å². The summed E-state index contributed by atoms with van der Waals surface area (Å²) in [5, 5.41) is 19.6. The van der Waals surface area contributed by atoms with Crippen LogP contribution in [-0.4, -0.2) is 27.9 Å². The van der Waals surface area contributed by atoms with Gasteiger partial charge in [-0.15, -0.1) is 0 Å². The zero-order chi connectivity index (χ0) is 14.2. The number of benzene rings is 1. The third kappa shape index (κ3) is 2.06. The summed E-state index contributed by atoms with van der Waals surface area (Å²) in [4.78, 5) is 11.1. The Morgan fingerprint density at radius 3 is 2.68 bits per heavy atom. The number of nitrogens with zero attached hydrogens (tertiary/aromatic N) is 1. The summed E-state index contributed by atoms with van der Waals surface area (Å²) in [6.45, 7) is 4.51. The van der Waals surface area contributed by atoms with Crippen molar-refractivity contribution >= 4 is 16.9 Å². The van der Waals surface area contributed by atoms with Gasteiger partial charge >= 0.3 is 5.97 Å². The van der Waals surface area contributed by atoms with Gasteiger partial charge < -0.3 is 19.5 Å². The number of hydrogen-bond acceptors (Lipinski definition) is 3. The van der Waals surface area contributed by atoms with E-state index in [1.54, 1.807) is 13.2 Å². The summed E-state index contributed by atoms with van der Waals surface area (Å²) < 4.78 is 7.14. The number of aliphatic carboxylic acids is 1. The van der Waals surface area contributed by atoms with Crippen LogP contribution >= 0.6 is 0 Å². The molecule has 2 aromatic rings. The van der Waals surface area contributed by atoms with Crippen LogP contribution in [0, 0.1) is 6.92 Å². The third-order valence-corrected chi connectivity index (χ3v) is 3.40. The number of carboxylic acids is 1. The van der Waals surface area contributed by atoms with Gasteiger partial charge in [-0.1, -0.05) is 0 Å². The lowest BCUT2D eigenvalue weighted by atomic mass is 10.1. The van der Waals surface area contributed by atoms with E-state index in [0.717, 1.165) is 11.2 Å². The highest BCUT2D eigenvalue weighted by atomic mass is 16.5. The van der Waals surface area contributed by atoms with E-state index in [9.17, 15) is 9.90 Å². The van der Waals surface area contributed by atoms with Crippen LogP contribution in [0.15, 0.2) is 18.2 Å². The molecule has 19 heavy (non-hydrogen) atoms. The molecule has 0 radical (unpaired) electrons. The molecule has 5 nitrogen and oxygen atoms in total.